The number of sulfone groups is 1. The lowest BCUT2D eigenvalue weighted by molar-refractivity contribution is 0.211. The zero-order valence-electron chi connectivity index (χ0n) is 11.2. The molecular weight excluding hydrogens is 234 g/mol. The second-order valence-electron chi connectivity index (χ2n) is 5.66. The molecule has 1 fully saturated rings. The van der Waals surface area contributed by atoms with Crippen LogP contribution in [0.25, 0.3) is 0 Å². The Hall–Kier alpha value is -0.0900. The first kappa shape index (κ1) is 15.0. The Morgan fingerprint density at radius 3 is 2.53 bits per heavy atom. The van der Waals surface area contributed by atoms with Gasteiger partial charge in [0.2, 0.25) is 0 Å². The van der Waals surface area contributed by atoms with Gasteiger partial charge in [0.25, 0.3) is 0 Å². The van der Waals surface area contributed by atoms with Crippen LogP contribution in [0.1, 0.15) is 51.9 Å². The van der Waals surface area contributed by atoms with E-state index in [1.807, 2.05) is 0 Å². The summed E-state index contributed by atoms with van der Waals surface area (Å²) in [5.41, 5.74) is 6.14. The van der Waals surface area contributed by atoms with Crippen molar-refractivity contribution in [3.8, 4) is 0 Å². The van der Waals surface area contributed by atoms with Crippen LogP contribution in [0.15, 0.2) is 0 Å². The van der Waals surface area contributed by atoms with E-state index in [0.717, 1.165) is 25.2 Å². The second-order valence-corrected chi connectivity index (χ2v) is 7.92. The maximum atomic E-state index is 11.1. The highest BCUT2D eigenvalue weighted by Gasteiger charge is 2.27. The molecule has 0 aliphatic heterocycles. The van der Waals surface area contributed by atoms with E-state index >= 15 is 0 Å². The smallest absolute Gasteiger partial charge is 0.147 e. The fourth-order valence-corrected chi connectivity index (χ4v) is 3.69. The number of hydrogen-bond donors (Lipinski definition) is 1. The first-order chi connectivity index (χ1) is 7.92. The van der Waals surface area contributed by atoms with Crippen LogP contribution >= 0.6 is 0 Å². The first-order valence-electron chi connectivity index (χ1n) is 6.85. The van der Waals surface area contributed by atoms with Gasteiger partial charge in [-0.05, 0) is 43.9 Å². The van der Waals surface area contributed by atoms with Crippen molar-refractivity contribution in [2.24, 2.45) is 17.6 Å². The predicted molar refractivity (Wildman–Crippen MR) is 72.7 cm³/mol. The molecular formula is C13H27NO2S. The van der Waals surface area contributed by atoms with Crippen LogP contribution < -0.4 is 5.73 Å². The van der Waals surface area contributed by atoms with Gasteiger partial charge in [0.1, 0.15) is 9.84 Å². The highest BCUT2D eigenvalue weighted by atomic mass is 32.2. The summed E-state index contributed by atoms with van der Waals surface area (Å²) < 4.78 is 22.2. The average molecular weight is 261 g/mol. The molecule has 1 rings (SSSR count). The Balaban J connectivity index is 2.34. The van der Waals surface area contributed by atoms with Crippen LogP contribution in [0, 0.1) is 11.8 Å². The van der Waals surface area contributed by atoms with E-state index in [-0.39, 0.29) is 0 Å². The Morgan fingerprint density at radius 1 is 1.24 bits per heavy atom. The Morgan fingerprint density at radius 2 is 1.94 bits per heavy atom. The monoisotopic (exact) mass is 261 g/mol. The molecule has 3 unspecified atom stereocenters. The van der Waals surface area contributed by atoms with Gasteiger partial charge in [0, 0.05) is 18.1 Å². The minimum atomic E-state index is -2.81. The van der Waals surface area contributed by atoms with Crippen LogP contribution in [-0.2, 0) is 9.84 Å². The number of hydrogen-bond acceptors (Lipinski definition) is 3. The molecule has 1 saturated carbocycles. The van der Waals surface area contributed by atoms with Gasteiger partial charge in [-0.3, -0.25) is 0 Å². The van der Waals surface area contributed by atoms with E-state index < -0.39 is 9.84 Å². The van der Waals surface area contributed by atoms with E-state index in [1.54, 1.807) is 0 Å². The molecule has 0 bridgehead atoms. The van der Waals surface area contributed by atoms with Crippen molar-refractivity contribution in [3.63, 3.8) is 0 Å². The molecule has 4 heteroatoms. The van der Waals surface area contributed by atoms with Crippen molar-refractivity contribution in [1.82, 2.24) is 0 Å². The van der Waals surface area contributed by atoms with Crippen LogP contribution in [0.2, 0.25) is 0 Å². The van der Waals surface area contributed by atoms with E-state index in [1.165, 1.54) is 31.9 Å². The summed E-state index contributed by atoms with van der Waals surface area (Å²) in [7, 11) is -2.81. The normalized spacial score (nSPS) is 30.4. The van der Waals surface area contributed by atoms with Crippen molar-refractivity contribution in [3.05, 3.63) is 0 Å². The highest BCUT2D eigenvalue weighted by molar-refractivity contribution is 7.90. The van der Waals surface area contributed by atoms with Crippen LogP contribution in [0.4, 0.5) is 0 Å². The summed E-state index contributed by atoms with van der Waals surface area (Å²) in [4.78, 5) is 0. The second kappa shape index (κ2) is 6.74. The molecule has 1 aliphatic carbocycles. The summed E-state index contributed by atoms with van der Waals surface area (Å²) in [5, 5.41) is 0. The number of nitrogens with two attached hydrogens (primary N) is 1. The average Bonchev–Trinajstić information content (AvgIpc) is 2.21. The zero-order valence-corrected chi connectivity index (χ0v) is 12.0. The minimum absolute atomic E-state index is 0.294. The molecule has 1 aliphatic rings. The van der Waals surface area contributed by atoms with Crippen molar-refractivity contribution in [2.75, 3.05) is 12.0 Å². The van der Waals surface area contributed by atoms with Crippen molar-refractivity contribution in [1.29, 1.82) is 0 Å². The molecule has 0 heterocycles. The van der Waals surface area contributed by atoms with Gasteiger partial charge >= 0.3 is 0 Å². The zero-order chi connectivity index (χ0) is 12.9. The maximum absolute atomic E-state index is 11.1. The van der Waals surface area contributed by atoms with Gasteiger partial charge in [-0.25, -0.2) is 8.42 Å². The van der Waals surface area contributed by atoms with Gasteiger partial charge < -0.3 is 5.73 Å². The van der Waals surface area contributed by atoms with Gasteiger partial charge in [-0.1, -0.05) is 19.8 Å². The van der Waals surface area contributed by atoms with E-state index in [0.29, 0.717) is 17.7 Å². The standard InChI is InChI=1S/C13H27NO2S/c1-3-5-11-7-8-13(14)12(10-11)6-4-9-17(2,15)16/h11-13H,3-10,14H2,1-2H3. The van der Waals surface area contributed by atoms with E-state index in [4.69, 9.17) is 5.73 Å². The minimum Gasteiger partial charge on any atom is -0.327 e. The molecule has 17 heavy (non-hydrogen) atoms. The third-order valence-corrected chi connectivity index (χ3v) is 4.97. The van der Waals surface area contributed by atoms with Crippen molar-refractivity contribution >= 4 is 9.84 Å². The Bertz CT molecular complexity index is 313. The molecule has 3 atom stereocenters. The molecule has 0 radical (unpaired) electrons. The molecule has 0 spiro atoms. The van der Waals surface area contributed by atoms with Crippen molar-refractivity contribution < 1.29 is 8.42 Å². The summed E-state index contributed by atoms with van der Waals surface area (Å²) in [6.45, 7) is 2.23. The van der Waals surface area contributed by atoms with Crippen LogP contribution in [-0.4, -0.2) is 26.5 Å². The van der Waals surface area contributed by atoms with Crippen LogP contribution in [0.3, 0.4) is 0 Å². The molecule has 0 aromatic heterocycles. The largest absolute Gasteiger partial charge is 0.327 e. The summed E-state index contributed by atoms with van der Waals surface area (Å²) in [5.74, 6) is 1.68. The van der Waals surface area contributed by atoms with Crippen molar-refractivity contribution in [2.45, 2.75) is 57.9 Å². The third kappa shape index (κ3) is 5.87. The topological polar surface area (TPSA) is 60.2 Å². The van der Waals surface area contributed by atoms with Gasteiger partial charge in [-0.15, -0.1) is 0 Å². The SMILES string of the molecule is CCCC1CCC(N)C(CCCS(C)(=O)=O)C1. The van der Waals surface area contributed by atoms with E-state index in [9.17, 15) is 8.42 Å². The molecule has 0 amide bonds. The fourth-order valence-electron chi connectivity index (χ4n) is 2.99. The summed E-state index contributed by atoms with van der Waals surface area (Å²) in [6, 6.07) is 0.294. The number of rotatable bonds is 6. The molecule has 3 nitrogen and oxygen atoms in total. The lowest BCUT2D eigenvalue weighted by atomic mass is 9.75. The summed E-state index contributed by atoms with van der Waals surface area (Å²) >= 11 is 0. The summed E-state index contributed by atoms with van der Waals surface area (Å²) in [6.07, 6.45) is 9.20. The quantitative estimate of drug-likeness (QED) is 0.798. The Labute approximate surface area is 106 Å². The fraction of sp³-hybridized carbons (Fsp3) is 1.00. The van der Waals surface area contributed by atoms with Gasteiger partial charge in [0.05, 0.1) is 0 Å². The third-order valence-electron chi connectivity index (χ3n) is 3.94. The molecule has 2 N–H and O–H groups in total. The van der Waals surface area contributed by atoms with Crippen LogP contribution in [0.5, 0.6) is 0 Å². The lowest BCUT2D eigenvalue weighted by Crippen LogP contribution is -2.36. The first-order valence-corrected chi connectivity index (χ1v) is 8.91. The van der Waals surface area contributed by atoms with E-state index in [2.05, 4.69) is 6.92 Å². The molecule has 102 valence electrons. The maximum Gasteiger partial charge on any atom is 0.147 e. The van der Waals surface area contributed by atoms with Gasteiger partial charge in [0.15, 0.2) is 0 Å². The molecule has 0 saturated heterocycles. The highest BCUT2D eigenvalue weighted by Crippen LogP contribution is 2.33. The Kier molecular flexibility index (Phi) is 5.93. The lowest BCUT2D eigenvalue weighted by Gasteiger charge is -2.34. The predicted octanol–water partition coefficient (Wildman–Crippen LogP) is 2.35. The van der Waals surface area contributed by atoms with Gasteiger partial charge in [-0.2, -0.15) is 0 Å². The molecule has 0 aromatic rings. The molecule has 0 aromatic carbocycles.